The van der Waals surface area contributed by atoms with E-state index in [0.717, 1.165) is 12.8 Å². The lowest BCUT2D eigenvalue weighted by Crippen LogP contribution is -2.13. The van der Waals surface area contributed by atoms with Crippen molar-refractivity contribution in [3.8, 4) is 0 Å². The highest BCUT2D eigenvalue weighted by Gasteiger charge is 2.29. The van der Waals surface area contributed by atoms with E-state index in [1.807, 2.05) is 6.92 Å². The predicted octanol–water partition coefficient (Wildman–Crippen LogP) is 0.734. The maximum Gasteiger partial charge on any atom is 0.148 e. The smallest absolute Gasteiger partial charge is 0.148 e. The van der Waals surface area contributed by atoms with Crippen LogP contribution in [0, 0.1) is 5.92 Å². The highest BCUT2D eigenvalue weighted by molar-refractivity contribution is 7.85. The SMILES string of the molecule is CCS(=O)CC(=O)C1CC1. The van der Waals surface area contributed by atoms with Crippen molar-refractivity contribution in [2.75, 3.05) is 11.5 Å². The van der Waals surface area contributed by atoms with Crippen LogP contribution in [0.2, 0.25) is 0 Å². The number of carbonyl (C=O) groups excluding carboxylic acids is 1. The van der Waals surface area contributed by atoms with Gasteiger partial charge in [0.15, 0.2) is 0 Å². The van der Waals surface area contributed by atoms with Gasteiger partial charge in [-0.25, -0.2) is 0 Å². The Kier molecular flexibility index (Phi) is 2.60. The third kappa shape index (κ3) is 2.21. The zero-order chi connectivity index (χ0) is 7.56. The molecule has 0 aromatic rings. The predicted molar refractivity (Wildman–Crippen MR) is 41.3 cm³/mol. The molecule has 58 valence electrons. The molecule has 0 saturated heterocycles. The second-order valence-corrected chi connectivity index (χ2v) is 4.36. The van der Waals surface area contributed by atoms with Crippen molar-refractivity contribution in [1.82, 2.24) is 0 Å². The Morgan fingerprint density at radius 2 is 2.20 bits per heavy atom. The fourth-order valence-corrected chi connectivity index (χ4v) is 1.54. The van der Waals surface area contributed by atoms with Crippen molar-refractivity contribution in [3.05, 3.63) is 0 Å². The van der Waals surface area contributed by atoms with Crippen LogP contribution in [0.1, 0.15) is 19.8 Å². The van der Waals surface area contributed by atoms with Crippen LogP contribution in [0.5, 0.6) is 0 Å². The molecule has 0 aromatic carbocycles. The average molecular weight is 160 g/mol. The van der Waals surface area contributed by atoms with Crippen molar-refractivity contribution >= 4 is 16.6 Å². The Balaban J connectivity index is 2.23. The summed E-state index contributed by atoms with van der Waals surface area (Å²) in [6.07, 6.45) is 2.06. The van der Waals surface area contributed by atoms with Gasteiger partial charge >= 0.3 is 0 Å². The summed E-state index contributed by atoms with van der Waals surface area (Å²) in [5, 5.41) is 0. The molecule has 0 amide bonds. The third-order valence-electron chi connectivity index (χ3n) is 1.66. The van der Waals surface area contributed by atoms with E-state index >= 15 is 0 Å². The standard InChI is InChI=1S/C7H12O2S/c1-2-10(9)5-7(8)6-3-4-6/h6H,2-5H2,1H3. The molecule has 10 heavy (non-hydrogen) atoms. The molecular formula is C7H12O2S. The Morgan fingerprint density at radius 3 is 2.60 bits per heavy atom. The van der Waals surface area contributed by atoms with E-state index in [1.54, 1.807) is 0 Å². The lowest BCUT2D eigenvalue weighted by molar-refractivity contribution is -0.117. The topological polar surface area (TPSA) is 34.1 Å². The van der Waals surface area contributed by atoms with Crippen molar-refractivity contribution in [1.29, 1.82) is 0 Å². The molecule has 1 fully saturated rings. The summed E-state index contributed by atoms with van der Waals surface area (Å²) in [5.41, 5.74) is 0. The molecule has 0 aromatic heterocycles. The minimum Gasteiger partial charge on any atom is -0.298 e. The van der Waals surface area contributed by atoms with Crippen LogP contribution in [0.3, 0.4) is 0 Å². The Hall–Kier alpha value is -0.180. The minimum absolute atomic E-state index is 0.209. The molecule has 0 aliphatic heterocycles. The van der Waals surface area contributed by atoms with Crippen LogP contribution in [-0.2, 0) is 15.6 Å². The van der Waals surface area contributed by atoms with Gasteiger partial charge in [0.2, 0.25) is 0 Å². The molecule has 3 heteroatoms. The van der Waals surface area contributed by atoms with Gasteiger partial charge in [0, 0.05) is 22.5 Å². The molecule has 1 unspecified atom stereocenters. The maximum absolute atomic E-state index is 11.0. The molecule has 1 saturated carbocycles. The van der Waals surface area contributed by atoms with E-state index in [2.05, 4.69) is 0 Å². The van der Waals surface area contributed by atoms with Crippen LogP contribution in [0.15, 0.2) is 0 Å². The van der Waals surface area contributed by atoms with Crippen molar-refractivity contribution < 1.29 is 9.00 Å². The summed E-state index contributed by atoms with van der Waals surface area (Å²) in [6.45, 7) is 1.84. The van der Waals surface area contributed by atoms with Gasteiger partial charge < -0.3 is 0 Å². The number of Topliss-reactive ketones (excluding diaryl/α,β-unsaturated/α-hetero) is 1. The third-order valence-corrected chi connectivity index (χ3v) is 2.91. The lowest BCUT2D eigenvalue weighted by atomic mass is 10.3. The summed E-state index contributed by atoms with van der Waals surface area (Å²) < 4.78 is 10.8. The van der Waals surface area contributed by atoms with E-state index in [1.165, 1.54) is 0 Å². The van der Waals surface area contributed by atoms with Gasteiger partial charge in [-0.1, -0.05) is 6.92 Å². The summed E-state index contributed by atoms with van der Waals surface area (Å²) in [7, 11) is -0.887. The van der Waals surface area contributed by atoms with Crippen LogP contribution >= 0.6 is 0 Å². The molecule has 2 nitrogen and oxygen atoms in total. The molecular weight excluding hydrogens is 148 g/mol. The minimum atomic E-state index is -0.887. The van der Waals surface area contributed by atoms with Gasteiger partial charge in [0.05, 0.1) is 5.75 Å². The van der Waals surface area contributed by atoms with E-state index < -0.39 is 10.8 Å². The first-order chi connectivity index (χ1) is 4.74. The van der Waals surface area contributed by atoms with Crippen LogP contribution in [-0.4, -0.2) is 21.5 Å². The molecule has 1 atom stereocenters. The van der Waals surface area contributed by atoms with E-state index in [0.29, 0.717) is 11.5 Å². The molecule has 1 aliphatic rings. The first kappa shape index (κ1) is 7.92. The summed E-state index contributed by atoms with van der Waals surface area (Å²) in [4.78, 5) is 11.0. The quantitative estimate of drug-likeness (QED) is 0.607. The highest BCUT2D eigenvalue weighted by atomic mass is 32.2. The number of carbonyl (C=O) groups is 1. The number of rotatable bonds is 4. The first-order valence-electron chi connectivity index (χ1n) is 3.61. The fourth-order valence-electron chi connectivity index (χ4n) is 0.784. The van der Waals surface area contributed by atoms with Gasteiger partial charge in [-0.05, 0) is 12.8 Å². The zero-order valence-electron chi connectivity index (χ0n) is 6.13. The summed E-state index contributed by atoms with van der Waals surface area (Å²) in [6, 6.07) is 0. The van der Waals surface area contributed by atoms with Crippen LogP contribution in [0.4, 0.5) is 0 Å². The second-order valence-electron chi connectivity index (χ2n) is 2.61. The molecule has 0 bridgehead atoms. The summed E-state index contributed by atoms with van der Waals surface area (Å²) >= 11 is 0. The van der Waals surface area contributed by atoms with Crippen molar-refractivity contribution in [3.63, 3.8) is 0 Å². The molecule has 1 rings (SSSR count). The van der Waals surface area contributed by atoms with Gasteiger partial charge in [-0.3, -0.25) is 9.00 Å². The number of ketones is 1. The number of hydrogen-bond acceptors (Lipinski definition) is 2. The second kappa shape index (κ2) is 3.28. The first-order valence-corrected chi connectivity index (χ1v) is 5.10. The monoisotopic (exact) mass is 160 g/mol. The Bertz CT molecular complexity index is 161. The normalized spacial score (nSPS) is 20.5. The van der Waals surface area contributed by atoms with E-state index in [9.17, 15) is 9.00 Å². The van der Waals surface area contributed by atoms with Gasteiger partial charge in [0.1, 0.15) is 5.78 Å². The lowest BCUT2D eigenvalue weighted by Gasteiger charge is -1.94. The van der Waals surface area contributed by atoms with Crippen LogP contribution in [0.25, 0.3) is 0 Å². The molecule has 0 radical (unpaired) electrons. The van der Waals surface area contributed by atoms with Crippen molar-refractivity contribution in [2.45, 2.75) is 19.8 Å². The Morgan fingerprint density at radius 1 is 1.60 bits per heavy atom. The maximum atomic E-state index is 11.0. The number of hydrogen-bond donors (Lipinski definition) is 0. The molecule has 0 spiro atoms. The molecule has 0 heterocycles. The fraction of sp³-hybridized carbons (Fsp3) is 0.857. The molecule has 0 N–H and O–H groups in total. The Labute approximate surface area is 63.5 Å². The average Bonchev–Trinajstić information content (AvgIpc) is 2.68. The van der Waals surface area contributed by atoms with E-state index in [4.69, 9.17) is 0 Å². The highest BCUT2D eigenvalue weighted by Crippen LogP contribution is 2.29. The van der Waals surface area contributed by atoms with E-state index in [-0.39, 0.29) is 11.7 Å². The summed E-state index contributed by atoms with van der Waals surface area (Å²) in [5.74, 6) is 1.38. The van der Waals surface area contributed by atoms with Gasteiger partial charge in [-0.15, -0.1) is 0 Å². The zero-order valence-corrected chi connectivity index (χ0v) is 6.95. The van der Waals surface area contributed by atoms with Crippen molar-refractivity contribution in [2.24, 2.45) is 5.92 Å². The van der Waals surface area contributed by atoms with Gasteiger partial charge in [-0.2, -0.15) is 0 Å². The van der Waals surface area contributed by atoms with Crippen LogP contribution < -0.4 is 0 Å². The largest absolute Gasteiger partial charge is 0.298 e. The molecule has 1 aliphatic carbocycles. The van der Waals surface area contributed by atoms with Gasteiger partial charge in [0.25, 0.3) is 0 Å².